The summed E-state index contributed by atoms with van der Waals surface area (Å²) < 4.78 is 12.7. The van der Waals surface area contributed by atoms with E-state index in [4.69, 9.17) is 15.2 Å². The molecule has 2 atom stereocenters. The highest BCUT2D eigenvalue weighted by molar-refractivity contribution is 5.98. The average Bonchev–Trinajstić information content (AvgIpc) is 3.63. The number of allylic oxidation sites excluding steroid dienone is 2. The molecule has 0 fully saturated rings. The van der Waals surface area contributed by atoms with Crippen molar-refractivity contribution in [1.82, 2.24) is 25.6 Å². The highest BCUT2D eigenvalue weighted by atomic mass is 16.5. The lowest BCUT2D eigenvalue weighted by atomic mass is 9.82. The maximum atomic E-state index is 13.6. The predicted octanol–water partition coefficient (Wildman–Crippen LogP) is 6.02. The lowest BCUT2D eigenvalue weighted by molar-refractivity contribution is -0.154. The van der Waals surface area contributed by atoms with Gasteiger partial charge < -0.3 is 31.2 Å². The number of benzene rings is 2. The van der Waals surface area contributed by atoms with E-state index in [-0.39, 0.29) is 68.7 Å². The predicted molar refractivity (Wildman–Crippen MR) is 220 cm³/mol. The molecule has 4 amide bonds. The van der Waals surface area contributed by atoms with Crippen molar-refractivity contribution >= 4 is 40.9 Å². The lowest BCUT2D eigenvalue weighted by Crippen LogP contribution is -2.47. The fourth-order valence-corrected chi connectivity index (χ4v) is 5.77. The van der Waals surface area contributed by atoms with E-state index in [0.29, 0.717) is 17.8 Å². The van der Waals surface area contributed by atoms with Crippen molar-refractivity contribution in [3.63, 3.8) is 0 Å². The fourth-order valence-electron chi connectivity index (χ4n) is 5.77. The quantitative estimate of drug-likeness (QED) is 0.0592. The molecule has 2 aromatic carbocycles. The maximum Gasteiger partial charge on any atom is 0.312 e. The number of esters is 1. The van der Waals surface area contributed by atoms with Crippen LogP contribution in [0.5, 0.6) is 0 Å². The molecular formula is C43H58N8O7. The number of hydrogen-bond acceptors (Lipinski definition) is 10. The Kier molecular flexibility index (Phi) is 17.3. The van der Waals surface area contributed by atoms with Crippen molar-refractivity contribution in [2.75, 3.05) is 18.5 Å². The van der Waals surface area contributed by atoms with E-state index in [1.807, 2.05) is 38.1 Å². The van der Waals surface area contributed by atoms with E-state index in [2.05, 4.69) is 53.1 Å². The molecule has 0 spiro atoms. The van der Waals surface area contributed by atoms with Crippen LogP contribution in [0.15, 0.2) is 60.8 Å². The Balaban J connectivity index is 1.55. The van der Waals surface area contributed by atoms with Gasteiger partial charge in [0.1, 0.15) is 24.1 Å². The molecular weight excluding hydrogens is 741 g/mol. The number of urea groups is 1. The number of nitrogens with zero attached hydrogens (tertiary/aromatic N) is 4. The molecule has 5 N–H and O–H groups in total. The molecule has 58 heavy (non-hydrogen) atoms. The Bertz CT molecular complexity index is 1930. The molecule has 3 aromatic rings. The van der Waals surface area contributed by atoms with Gasteiger partial charge in [0, 0.05) is 37.1 Å². The Morgan fingerprint density at radius 1 is 0.931 bits per heavy atom. The highest BCUT2D eigenvalue weighted by Gasteiger charge is 2.29. The molecule has 15 heteroatoms. The third kappa shape index (κ3) is 15.2. The molecule has 15 nitrogen and oxygen atoms in total. The van der Waals surface area contributed by atoms with Gasteiger partial charge in [0.2, 0.25) is 11.8 Å². The van der Waals surface area contributed by atoms with Crippen LogP contribution < -0.4 is 21.7 Å². The van der Waals surface area contributed by atoms with E-state index in [0.717, 1.165) is 22.4 Å². The zero-order valence-electron chi connectivity index (χ0n) is 34.9. The number of nitrogens with two attached hydrogens (primary N) is 1. The molecule has 0 radical (unpaired) electrons. The van der Waals surface area contributed by atoms with Crippen LogP contribution in [0.25, 0.3) is 11.3 Å². The van der Waals surface area contributed by atoms with Crippen LogP contribution >= 0.6 is 0 Å². The number of amides is 4. The van der Waals surface area contributed by atoms with Gasteiger partial charge in [0.25, 0.3) is 0 Å². The first-order chi connectivity index (χ1) is 27.3. The van der Waals surface area contributed by atoms with E-state index in [1.54, 1.807) is 62.0 Å². The van der Waals surface area contributed by atoms with Crippen LogP contribution in [0, 0.1) is 34.0 Å². The topological polar surface area (TPSA) is 220 Å². The minimum absolute atomic E-state index is 0.0433. The number of anilines is 1. The number of nitriles is 1. The van der Waals surface area contributed by atoms with Gasteiger partial charge in [-0.15, -0.1) is 5.10 Å². The molecule has 1 heterocycles. The standard InChI is InChI=1S/C43H58N8O7/c1-28(2)35(24-34(52)20-23-57-27-32-25-51(50-49-32)33-17-13-30(14-18-33)36(19-21-44)42(3,4)5)38(53)48-37(10-9-22-46-41(45)56)39(54)47-31-15-11-29(12-16-31)26-58-40(55)43(6,7)8/h11-19,25,28,35,37H,9-10,20,22-24,26-27H2,1-8H3,(H,47,54)(H,48,53)(H3,45,46,56)/t35-,37-/m0/s1. The van der Waals surface area contributed by atoms with Crippen molar-refractivity contribution in [1.29, 1.82) is 5.26 Å². The van der Waals surface area contributed by atoms with E-state index in [1.165, 1.54) is 0 Å². The van der Waals surface area contributed by atoms with Gasteiger partial charge in [-0.1, -0.05) is 64.1 Å². The number of carbonyl (C=O) groups is 5. The molecule has 0 bridgehead atoms. The summed E-state index contributed by atoms with van der Waals surface area (Å²) in [6.07, 6.45) is 3.88. The first kappa shape index (κ1) is 46.5. The second kappa shape index (κ2) is 21.6. The van der Waals surface area contributed by atoms with Gasteiger partial charge in [-0.2, -0.15) is 5.26 Å². The summed E-state index contributed by atoms with van der Waals surface area (Å²) in [4.78, 5) is 63.4. The van der Waals surface area contributed by atoms with Gasteiger partial charge in [0.15, 0.2) is 0 Å². The summed E-state index contributed by atoms with van der Waals surface area (Å²) in [7, 11) is 0. The van der Waals surface area contributed by atoms with Crippen LogP contribution in [0.1, 0.15) is 97.9 Å². The Morgan fingerprint density at radius 2 is 1.60 bits per heavy atom. The maximum absolute atomic E-state index is 13.6. The zero-order valence-corrected chi connectivity index (χ0v) is 34.9. The normalized spacial score (nSPS) is 12.9. The van der Waals surface area contributed by atoms with Crippen molar-refractivity contribution < 1.29 is 33.4 Å². The number of primary amides is 1. The Hall–Kier alpha value is -5.88. The summed E-state index contributed by atoms with van der Waals surface area (Å²) in [5.41, 5.74) is 8.80. The van der Waals surface area contributed by atoms with Crippen molar-refractivity contribution in [3.05, 3.63) is 77.6 Å². The summed E-state index contributed by atoms with van der Waals surface area (Å²) >= 11 is 0. The number of ketones is 1. The number of hydrogen-bond donors (Lipinski definition) is 4. The summed E-state index contributed by atoms with van der Waals surface area (Å²) in [5, 5.41) is 25.7. The van der Waals surface area contributed by atoms with Gasteiger partial charge in [-0.25, -0.2) is 9.48 Å². The Morgan fingerprint density at radius 3 is 2.19 bits per heavy atom. The average molecular weight is 799 g/mol. The van der Waals surface area contributed by atoms with Crippen molar-refractivity contribution in [2.24, 2.45) is 28.4 Å². The summed E-state index contributed by atoms with van der Waals surface area (Å²) in [6.45, 7) is 15.7. The van der Waals surface area contributed by atoms with E-state index in [9.17, 15) is 29.2 Å². The second-order valence-corrected chi connectivity index (χ2v) is 16.5. The van der Waals surface area contributed by atoms with Crippen molar-refractivity contribution in [3.8, 4) is 11.8 Å². The largest absolute Gasteiger partial charge is 0.460 e. The highest BCUT2D eigenvalue weighted by Crippen LogP contribution is 2.34. The minimum Gasteiger partial charge on any atom is -0.460 e. The molecule has 0 aliphatic carbocycles. The van der Waals surface area contributed by atoms with Crippen LogP contribution in [-0.4, -0.2) is 63.8 Å². The third-order valence-corrected chi connectivity index (χ3v) is 9.17. The fraction of sp³-hybridized carbons (Fsp3) is 0.488. The lowest BCUT2D eigenvalue weighted by Gasteiger charge is -2.24. The third-order valence-electron chi connectivity index (χ3n) is 9.17. The molecule has 0 aliphatic heterocycles. The number of Topliss-reactive ketones (excluding diaryl/α,β-unsaturated/α-hetero) is 1. The van der Waals surface area contributed by atoms with Crippen LogP contribution in [0.2, 0.25) is 0 Å². The first-order valence-corrected chi connectivity index (χ1v) is 19.4. The molecule has 0 saturated carbocycles. The number of ether oxygens (including phenoxy) is 2. The molecule has 0 aliphatic rings. The van der Waals surface area contributed by atoms with Gasteiger partial charge in [-0.05, 0) is 85.9 Å². The van der Waals surface area contributed by atoms with Gasteiger partial charge >= 0.3 is 12.0 Å². The molecule has 0 unspecified atom stereocenters. The van der Waals surface area contributed by atoms with E-state index < -0.39 is 35.2 Å². The number of nitrogens with one attached hydrogen (secondary N) is 3. The number of rotatable bonds is 20. The number of carbonyl (C=O) groups excluding carboxylic acids is 5. The number of aromatic nitrogens is 3. The molecule has 1 aromatic heterocycles. The molecule has 3 rings (SSSR count). The van der Waals surface area contributed by atoms with Crippen molar-refractivity contribution in [2.45, 2.75) is 100 Å². The molecule has 0 saturated heterocycles. The van der Waals surface area contributed by atoms with Gasteiger partial charge in [-0.3, -0.25) is 19.2 Å². The van der Waals surface area contributed by atoms with Crippen LogP contribution in [-0.2, 0) is 41.9 Å². The first-order valence-electron chi connectivity index (χ1n) is 19.4. The van der Waals surface area contributed by atoms with Crippen LogP contribution in [0.4, 0.5) is 10.5 Å². The minimum atomic E-state index is -0.970. The zero-order chi connectivity index (χ0) is 43.0. The Labute approximate surface area is 341 Å². The van der Waals surface area contributed by atoms with E-state index >= 15 is 0 Å². The SMILES string of the molecule is CC(C)[C@H](CC(=O)CCOCc1cn(-c2ccc(C(=CC#N)C(C)(C)C)cc2)nn1)C(=O)N[C@@H](CCCNC(N)=O)C(=O)Nc1ccc(COC(=O)C(C)(C)C)cc1. The monoisotopic (exact) mass is 798 g/mol. The van der Waals surface area contributed by atoms with Gasteiger partial charge in [0.05, 0.1) is 36.6 Å². The summed E-state index contributed by atoms with van der Waals surface area (Å²) in [6, 6.07) is 14.9. The summed E-state index contributed by atoms with van der Waals surface area (Å²) in [5.74, 6) is -2.33. The smallest absolute Gasteiger partial charge is 0.312 e. The second-order valence-electron chi connectivity index (χ2n) is 16.5. The van der Waals surface area contributed by atoms with Crippen LogP contribution in [0.3, 0.4) is 0 Å². The molecule has 312 valence electrons.